The molecule has 0 aliphatic heterocycles. The molecule has 104 valence electrons. The molecule has 0 aliphatic carbocycles. The van der Waals surface area contributed by atoms with E-state index in [0.29, 0.717) is 10.7 Å². The lowest BCUT2D eigenvalue weighted by atomic mass is 9.91. The van der Waals surface area contributed by atoms with Gasteiger partial charge in [0.05, 0.1) is 10.7 Å². The van der Waals surface area contributed by atoms with Gasteiger partial charge in [0, 0.05) is 18.3 Å². The fourth-order valence-corrected chi connectivity index (χ4v) is 1.97. The predicted octanol–water partition coefficient (Wildman–Crippen LogP) is 2.08. The molecule has 0 aromatic heterocycles. The molecule has 4 nitrogen and oxygen atoms in total. The number of rotatable bonds is 6. The largest absolute Gasteiger partial charge is 0.550 e. The van der Waals surface area contributed by atoms with Crippen molar-refractivity contribution in [3.8, 4) is 0 Å². The Balaban J connectivity index is 2.52. The highest BCUT2D eigenvalue weighted by Crippen LogP contribution is 2.21. The summed E-state index contributed by atoms with van der Waals surface area (Å²) in [6.07, 6.45) is 0.387. The number of hydrogen-bond donors (Lipinski definition) is 1. The van der Waals surface area contributed by atoms with E-state index in [1.807, 2.05) is 0 Å². The van der Waals surface area contributed by atoms with Crippen LogP contribution in [0.2, 0.25) is 5.02 Å². The molecule has 19 heavy (non-hydrogen) atoms. The quantitative estimate of drug-likeness (QED) is 0.868. The van der Waals surface area contributed by atoms with Crippen LogP contribution in [0.4, 0.5) is 5.69 Å². The van der Waals surface area contributed by atoms with E-state index in [1.165, 1.54) is 0 Å². The Morgan fingerprint density at radius 2 is 1.95 bits per heavy atom. The van der Waals surface area contributed by atoms with Crippen LogP contribution in [0.1, 0.15) is 26.7 Å². The number of amides is 1. The Labute approximate surface area is 117 Å². The molecule has 0 unspecified atom stereocenters. The van der Waals surface area contributed by atoms with Gasteiger partial charge in [-0.05, 0) is 24.5 Å². The molecule has 0 aliphatic rings. The standard InChI is InChI=1S/C14H18ClNO3/c1-9(2)10(14(18)19)7-8-13(17)16-12-6-4-3-5-11(12)15/h3-6,9-10H,7-8H2,1-2H3,(H,16,17)(H,18,19)/p-1/t10-/m0/s1. The molecule has 1 aromatic carbocycles. The number of hydrogen-bond acceptors (Lipinski definition) is 3. The third-order valence-electron chi connectivity index (χ3n) is 2.94. The summed E-state index contributed by atoms with van der Waals surface area (Å²) in [7, 11) is 0. The minimum atomic E-state index is -1.11. The van der Waals surface area contributed by atoms with Crippen molar-refractivity contribution in [2.24, 2.45) is 11.8 Å². The number of carbonyl (C=O) groups excluding carboxylic acids is 2. The highest BCUT2D eigenvalue weighted by atomic mass is 35.5. The number of aliphatic carboxylic acids is 1. The van der Waals surface area contributed by atoms with E-state index in [-0.39, 0.29) is 24.7 Å². The van der Waals surface area contributed by atoms with Gasteiger partial charge < -0.3 is 15.2 Å². The molecule has 1 amide bonds. The summed E-state index contributed by atoms with van der Waals surface area (Å²) in [6.45, 7) is 3.60. The molecule has 1 rings (SSSR count). The summed E-state index contributed by atoms with van der Waals surface area (Å²) in [5.41, 5.74) is 0.531. The first-order valence-electron chi connectivity index (χ1n) is 6.17. The Kier molecular flexibility index (Phi) is 5.83. The molecule has 1 aromatic rings. The second-order valence-corrected chi connectivity index (χ2v) is 5.14. The van der Waals surface area contributed by atoms with Crippen molar-refractivity contribution in [1.29, 1.82) is 0 Å². The van der Waals surface area contributed by atoms with E-state index >= 15 is 0 Å². The van der Waals surface area contributed by atoms with Gasteiger partial charge in [0.15, 0.2) is 0 Å². The van der Waals surface area contributed by atoms with Crippen LogP contribution in [0.15, 0.2) is 24.3 Å². The van der Waals surface area contributed by atoms with Crippen molar-refractivity contribution < 1.29 is 14.7 Å². The number of anilines is 1. The summed E-state index contributed by atoms with van der Waals surface area (Å²) in [6, 6.07) is 6.90. The molecule has 0 saturated carbocycles. The first kappa shape index (κ1) is 15.5. The molecule has 0 fully saturated rings. The molecule has 1 N–H and O–H groups in total. The summed E-state index contributed by atoms with van der Waals surface area (Å²) >= 11 is 5.91. The van der Waals surface area contributed by atoms with Crippen LogP contribution in [0.25, 0.3) is 0 Å². The highest BCUT2D eigenvalue weighted by Gasteiger charge is 2.16. The van der Waals surface area contributed by atoms with Crippen molar-refractivity contribution in [1.82, 2.24) is 0 Å². The molecule has 0 spiro atoms. The van der Waals surface area contributed by atoms with Crippen molar-refractivity contribution in [3.63, 3.8) is 0 Å². The average Bonchev–Trinajstić information content (AvgIpc) is 2.31. The number of halogens is 1. The van der Waals surface area contributed by atoms with Crippen LogP contribution >= 0.6 is 11.6 Å². The average molecular weight is 283 g/mol. The Morgan fingerprint density at radius 3 is 2.47 bits per heavy atom. The van der Waals surface area contributed by atoms with Gasteiger partial charge >= 0.3 is 0 Å². The highest BCUT2D eigenvalue weighted by molar-refractivity contribution is 6.33. The van der Waals surface area contributed by atoms with E-state index in [0.717, 1.165) is 0 Å². The van der Waals surface area contributed by atoms with Gasteiger partial charge in [-0.3, -0.25) is 4.79 Å². The first-order chi connectivity index (χ1) is 8.91. The molecule has 0 radical (unpaired) electrons. The van der Waals surface area contributed by atoms with E-state index in [4.69, 9.17) is 11.6 Å². The molecule has 0 bridgehead atoms. The summed E-state index contributed by atoms with van der Waals surface area (Å²) in [5, 5.41) is 14.0. The van der Waals surface area contributed by atoms with Crippen LogP contribution < -0.4 is 10.4 Å². The fraction of sp³-hybridized carbons (Fsp3) is 0.429. The SMILES string of the molecule is CC(C)[C@H](CCC(=O)Nc1ccccc1Cl)C(=O)[O-]. The van der Waals surface area contributed by atoms with Gasteiger partial charge in [-0.1, -0.05) is 37.6 Å². The zero-order valence-electron chi connectivity index (χ0n) is 11.0. The number of carboxylic acid groups (broad SMARTS) is 1. The smallest absolute Gasteiger partial charge is 0.224 e. The van der Waals surface area contributed by atoms with Crippen molar-refractivity contribution in [2.45, 2.75) is 26.7 Å². The molecule has 1 atom stereocenters. The molecule has 0 saturated heterocycles. The van der Waals surface area contributed by atoms with Gasteiger partial charge in [0.1, 0.15) is 0 Å². The third-order valence-corrected chi connectivity index (χ3v) is 3.27. The Hall–Kier alpha value is -1.55. The second-order valence-electron chi connectivity index (χ2n) is 4.74. The maximum absolute atomic E-state index is 11.7. The lowest BCUT2D eigenvalue weighted by Crippen LogP contribution is -2.35. The van der Waals surface area contributed by atoms with Crippen LogP contribution in [0, 0.1) is 11.8 Å². The van der Waals surface area contributed by atoms with Crippen molar-refractivity contribution >= 4 is 29.2 Å². The lowest BCUT2D eigenvalue weighted by molar-refractivity contribution is -0.313. The van der Waals surface area contributed by atoms with Crippen LogP contribution in [-0.2, 0) is 9.59 Å². The van der Waals surface area contributed by atoms with E-state index in [2.05, 4.69) is 5.32 Å². The van der Waals surface area contributed by atoms with Gasteiger partial charge in [-0.25, -0.2) is 0 Å². The van der Waals surface area contributed by atoms with Gasteiger partial charge in [0.2, 0.25) is 5.91 Å². The van der Waals surface area contributed by atoms with E-state index < -0.39 is 11.9 Å². The number of carbonyl (C=O) groups is 2. The number of nitrogens with one attached hydrogen (secondary N) is 1. The van der Waals surface area contributed by atoms with Crippen LogP contribution in [0.3, 0.4) is 0 Å². The van der Waals surface area contributed by atoms with Crippen molar-refractivity contribution in [2.75, 3.05) is 5.32 Å². The topological polar surface area (TPSA) is 69.2 Å². The van der Waals surface area contributed by atoms with Gasteiger partial charge in [-0.2, -0.15) is 0 Å². The molecule has 5 heteroatoms. The Bertz CT molecular complexity index is 460. The van der Waals surface area contributed by atoms with Gasteiger partial charge in [0.25, 0.3) is 0 Å². The third kappa shape index (κ3) is 4.91. The number of benzene rings is 1. The second kappa shape index (κ2) is 7.14. The predicted molar refractivity (Wildman–Crippen MR) is 72.7 cm³/mol. The molecule has 0 heterocycles. The number of para-hydroxylation sites is 1. The van der Waals surface area contributed by atoms with E-state index in [9.17, 15) is 14.7 Å². The zero-order valence-corrected chi connectivity index (χ0v) is 11.7. The normalized spacial score (nSPS) is 12.2. The lowest BCUT2D eigenvalue weighted by Gasteiger charge is -2.21. The maximum Gasteiger partial charge on any atom is 0.224 e. The minimum absolute atomic E-state index is 0.0573. The monoisotopic (exact) mass is 282 g/mol. The van der Waals surface area contributed by atoms with Gasteiger partial charge in [-0.15, -0.1) is 0 Å². The van der Waals surface area contributed by atoms with E-state index in [1.54, 1.807) is 38.1 Å². The molecular weight excluding hydrogens is 266 g/mol. The maximum atomic E-state index is 11.7. The minimum Gasteiger partial charge on any atom is -0.550 e. The first-order valence-corrected chi connectivity index (χ1v) is 6.55. The van der Waals surface area contributed by atoms with Crippen LogP contribution in [0.5, 0.6) is 0 Å². The number of carboxylic acids is 1. The summed E-state index contributed by atoms with van der Waals surface area (Å²) in [5.74, 6) is -2.03. The summed E-state index contributed by atoms with van der Waals surface area (Å²) < 4.78 is 0. The summed E-state index contributed by atoms with van der Waals surface area (Å²) in [4.78, 5) is 22.6. The Morgan fingerprint density at radius 1 is 1.32 bits per heavy atom. The zero-order chi connectivity index (χ0) is 14.4. The fourth-order valence-electron chi connectivity index (χ4n) is 1.79. The van der Waals surface area contributed by atoms with Crippen LogP contribution in [-0.4, -0.2) is 11.9 Å². The van der Waals surface area contributed by atoms with Crippen molar-refractivity contribution in [3.05, 3.63) is 29.3 Å². The molecular formula is C14H17ClNO3-.